The van der Waals surface area contributed by atoms with Gasteiger partial charge in [0.15, 0.2) is 0 Å². The Morgan fingerprint density at radius 1 is 1.53 bits per heavy atom. The van der Waals surface area contributed by atoms with Gasteiger partial charge < -0.3 is 10.6 Å². The van der Waals surface area contributed by atoms with Gasteiger partial charge in [0.25, 0.3) is 0 Å². The Balaban J connectivity index is 1.77. The standard InChI is InChI=1S/C11H15ClN4O/c1-7-10(12)14-6-15-11(7)13-5-4-9(17)16-8-2-3-8/h6,8H,2-5H2,1H3,(H,16,17)(H,13,14,15). The van der Waals surface area contributed by atoms with E-state index in [1.165, 1.54) is 6.33 Å². The topological polar surface area (TPSA) is 66.9 Å². The number of aromatic nitrogens is 2. The highest BCUT2D eigenvalue weighted by Gasteiger charge is 2.22. The number of carbonyl (C=O) groups excluding carboxylic acids is 1. The van der Waals surface area contributed by atoms with E-state index in [1.807, 2.05) is 6.92 Å². The van der Waals surface area contributed by atoms with Crippen LogP contribution in [0, 0.1) is 6.92 Å². The molecule has 2 N–H and O–H groups in total. The highest BCUT2D eigenvalue weighted by Crippen LogP contribution is 2.19. The van der Waals surface area contributed by atoms with Crippen LogP contribution in [0.5, 0.6) is 0 Å². The van der Waals surface area contributed by atoms with Gasteiger partial charge in [-0.3, -0.25) is 4.79 Å². The number of hydrogen-bond donors (Lipinski definition) is 2. The number of halogens is 1. The first-order chi connectivity index (χ1) is 8.16. The average Bonchev–Trinajstić information content (AvgIpc) is 3.08. The molecule has 1 amide bonds. The summed E-state index contributed by atoms with van der Waals surface area (Å²) < 4.78 is 0. The number of rotatable bonds is 5. The van der Waals surface area contributed by atoms with Gasteiger partial charge in [0.05, 0.1) is 0 Å². The van der Waals surface area contributed by atoms with Crippen LogP contribution in [0.2, 0.25) is 5.15 Å². The van der Waals surface area contributed by atoms with E-state index in [2.05, 4.69) is 20.6 Å². The maximum absolute atomic E-state index is 11.4. The molecular weight excluding hydrogens is 240 g/mol. The van der Waals surface area contributed by atoms with E-state index in [1.54, 1.807) is 0 Å². The normalized spacial score (nSPS) is 14.5. The van der Waals surface area contributed by atoms with Crippen molar-refractivity contribution >= 4 is 23.3 Å². The van der Waals surface area contributed by atoms with E-state index in [4.69, 9.17) is 11.6 Å². The van der Waals surface area contributed by atoms with Gasteiger partial charge in [-0.25, -0.2) is 9.97 Å². The molecule has 1 aliphatic rings. The van der Waals surface area contributed by atoms with Crippen molar-refractivity contribution in [1.82, 2.24) is 15.3 Å². The van der Waals surface area contributed by atoms with Gasteiger partial charge in [-0.2, -0.15) is 0 Å². The highest BCUT2D eigenvalue weighted by atomic mass is 35.5. The minimum absolute atomic E-state index is 0.0813. The van der Waals surface area contributed by atoms with Crippen LogP contribution in [-0.2, 0) is 4.79 Å². The zero-order chi connectivity index (χ0) is 12.3. The van der Waals surface area contributed by atoms with Crippen LogP contribution >= 0.6 is 11.6 Å². The third-order valence-corrected chi connectivity index (χ3v) is 2.99. The summed E-state index contributed by atoms with van der Waals surface area (Å²) in [5, 5.41) is 6.45. The molecule has 0 spiro atoms. The molecule has 1 aliphatic carbocycles. The summed E-state index contributed by atoms with van der Waals surface area (Å²) >= 11 is 5.86. The first kappa shape index (κ1) is 12.1. The molecule has 0 unspecified atom stereocenters. The van der Waals surface area contributed by atoms with Gasteiger partial charge in [0.1, 0.15) is 17.3 Å². The molecular formula is C11H15ClN4O. The zero-order valence-corrected chi connectivity index (χ0v) is 10.4. The Labute approximate surface area is 105 Å². The Hall–Kier alpha value is -1.36. The molecule has 17 heavy (non-hydrogen) atoms. The lowest BCUT2D eigenvalue weighted by Gasteiger charge is -2.08. The fourth-order valence-corrected chi connectivity index (χ4v) is 1.56. The van der Waals surface area contributed by atoms with Crippen LogP contribution < -0.4 is 10.6 Å². The van der Waals surface area contributed by atoms with Gasteiger partial charge in [-0.1, -0.05) is 11.6 Å². The SMILES string of the molecule is Cc1c(Cl)ncnc1NCCC(=O)NC1CC1. The molecule has 92 valence electrons. The van der Waals surface area contributed by atoms with Crippen molar-refractivity contribution in [2.24, 2.45) is 0 Å². The molecule has 0 aliphatic heterocycles. The summed E-state index contributed by atoms with van der Waals surface area (Å²) in [6.45, 7) is 2.39. The summed E-state index contributed by atoms with van der Waals surface area (Å²) in [5.74, 6) is 0.766. The Kier molecular flexibility index (Phi) is 3.78. The van der Waals surface area contributed by atoms with E-state index in [9.17, 15) is 4.79 Å². The molecule has 1 aromatic heterocycles. The molecule has 6 heteroatoms. The average molecular weight is 255 g/mol. The van der Waals surface area contributed by atoms with E-state index in [-0.39, 0.29) is 5.91 Å². The Morgan fingerprint density at radius 2 is 2.29 bits per heavy atom. The van der Waals surface area contributed by atoms with Crippen molar-refractivity contribution < 1.29 is 4.79 Å². The number of anilines is 1. The summed E-state index contributed by atoms with van der Waals surface area (Å²) in [4.78, 5) is 19.4. The van der Waals surface area contributed by atoms with Crippen molar-refractivity contribution in [3.8, 4) is 0 Å². The van der Waals surface area contributed by atoms with Crippen molar-refractivity contribution in [3.63, 3.8) is 0 Å². The second-order valence-electron chi connectivity index (χ2n) is 4.16. The lowest BCUT2D eigenvalue weighted by atomic mass is 10.3. The quantitative estimate of drug-likeness (QED) is 0.782. The van der Waals surface area contributed by atoms with E-state index >= 15 is 0 Å². The maximum Gasteiger partial charge on any atom is 0.221 e. The molecule has 1 heterocycles. The van der Waals surface area contributed by atoms with Gasteiger partial charge in [0.2, 0.25) is 5.91 Å². The zero-order valence-electron chi connectivity index (χ0n) is 9.66. The maximum atomic E-state index is 11.4. The summed E-state index contributed by atoms with van der Waals surface area (Å²) in [6, 6.07) is 0.415. The molecule has 1 fully saturated rings. The second-order valence-corrected chi connectivity index (χ2v) is 4.51. The van der Waals surface area contributed by atoms with Crippen LogP contribution in [0.1, 0.15) is 24.8 Å². The molecule has 0 bridgehead atoms. The van der Waals surface area contributed by atoms with Crippen molar-refractivity contribution in [2.45, 2.75) is 32.2 Å². The first-order valence-corrected chi connectivity index (χ1v) is 6.05. The summed E-state index contributed by atoms with van der Waals surface area (Å²) in [7, 11) is 0. The van der Waals surface area contributed by atoms with Gasteiger partial charge in [-0.05, 0) is 19.8 Å². The predicted molar refractivity (Wildman–Crippen MR) is 66.1 cm³/mol. The lowest BCUT2D eigenvalue weighted by molar-refractivity contribution is -0.120. The van der Waals surface area contributed by atoms with E-state index in [0.717, 1.165) is 18.4 Å². The largest absolute Gasteiger partial charge is 0.369 e. The molecule has 5 nitrogen and oxygen atoms in total. The van der Waals surface area contributed by atoms with Gasteiger partial charge in [-0.15, -0.1) is 0 Å². The number of nitrogens with one attached hydrogen (secondary N) is 2. The summed E-state index contributed by atoms with van der Waals surface area (Å²) in [5.41, 5.74) is 0.803. The van der Waals surface area contributed by atoms with Gasteiger partial charge in [0, 0.05) is 24.6 Å². The van der Waals surface area contributed by atoms with Crippen LogP contribution in [0.3, 0.4) is 0 Å². The second kappa shape index (κ2) is 5.31. The van der Waals surface area contributed by atoms with Crippen LogP contribution in [-0.4, -0.2) is 28.5 Å². The smallest absolute Gasteiger partial charge is 0.221 e. The van der Waals surface area contributed by atoms with Crippen LogP contribution in [0.4, 0.5) is 5.82 Å². The Morgan fingerprint density at radius 3 is 3.00 bits per heavy atom. The van der Waals surface area contributed by atoms with Crippen LogP contribution in [0.25, 0.3) is 0 Å². The molecule has 2 rings (SSSR count). The molecule has 0 radical (unpaired) electrons. The molecule has 0 aromatic carbocycles. The number of nitrogens with zero attached hydrogens (tertiary/aromatic N) is 2. The predicted octanol–water partition coefficient (Wildman–Crippen LogP) is 1.52. The fraction of sp³-hybridized carbons (Fsp3) is 0.545. The van der Waals surface area contributed by atoms with Crippen molar-refractivity contribution in [3.05, 3.63) is 17.0 Å². The molecule has 1 saturated carbocycles. The highest BCUT2D eigenvalue weighted by molar-refractivity contribution is 6.30. The fourth-order valence-electron chi connectivity index (χ4n) is 1.43. The number of carbonyl (C=O) groups is 1. The van der Waals surface area contributed by atoms with Crippen LogP contribution in [0.15, 0.2) is 6.33 Å². The summed E-state index contributed by atoms with van der Waals surface area (Å²) in [6.07, 6.45) is 4.07. The minimum atomic E-state index is 0.0813. The molecule has 1 aromatic rings. The van der Waals surface area contributed by atoms with E-state index in [0.29, 0.717) is 30.0 Å². The van der Waals surface area contributed by atoms with Gasteiger partial charge >= 0.3 is 0 Å². The minimum Gasteiger partial charge on any atom is -0.369 e. The monoisotopic (exact) mass is 254 g/mol. The third kappa shape index (κ3) is 3.56. The van der Waals surface area contributed by atoms with Crippen molar-refractivity contribution in [2.75, 3.05) is 11.9 Å². The third-order valence-electron chi connectivity index (χ3n) is 2.61. The van der Waals surface area contributed by atoms with Crippen molar-refractivity contribution in [1.29, 1.82) is 0 Å². The van der Waals surface area contributed by atoms with E-state index < -0.39 is 0 Å². The first-order valence-electron chi connectivity index (χ1n) is 5.67. The molecule has 0 saturated heterocycles. The number of amides is 1. The lowest BCUT2D eigenvalue weighted by Crippen LogP contribution is -2.27. The number of hydrogen-bond acceptors (Lipinski definition) is 4. The molecule has 0 atom stereocenters. The Bertz CT molecular complexity index is 420.